The van der Waals surface area contributed by atoms with Crippen molar-refractivity contribution in [2.75, 3.05) is 13.1 Å². The van der Waals surface area contributed by atoms with Crippen LogP contribution in [0.3, 0.4) is 0 Å². The van der Waals surface area contributed by atoms with Crippen molar-refractivity contribution in [3.8, 4) is 0 Å². The molecule has 0 unspecified atom stereocenters. The van der Waals surface area contributed by atoms with Crippen molar-refractivity contribution < 1.29 is 27.9 Å². The Morgan fingerprint density at radius 2 is 1.78 bits per heavy atom. The summed E-state index contributed by atoms with van der Waals surface area (Å²) in [6, 6.07) is 5.07. The van der Waals surface area contributed by atoms with Crippen molar-refractivity contribution in [3.05, 3.63) is 35.4 Å². The van der Waals surface area contributed by atoms with E-state index < -0.39 is 17.7 Å². The van der Waals surface area contributed by atoms with E-state index >= 15 is 0 Å². The van der Waals surface area contributed by atoms with Crippen molar-refractivity contribution in [1.29, 1.82) is 0 Å². The monoisotopic (exact) mass is 329 g/mol. The second-order valence-electron chi connectivity index (χ2n) is 5.75. The molecule has 1 N–H and O–H groups in total. The predicted molar refractivity (Wildman–Crippen MR) is 76.7 cm³/mol. The van der Waals surface area contributed by atoms with Crippen molar-refractivity contribution in [1.82, 2.24) is 4.90 Å². The van der Waals surface area contributed by atoms with Gasteiger partial charge in [0.05, 0.1) is 12.0 Å². The van der Waals surface area contributed by atoms with Gasteiger partial charge in [-0.3, -0.25) is 9.59 Å². The summed E-state index contributed by atoms with van der Waals surface area (Å²) < 4.78 is 38.8. The lowest BCUT2D eigenvalue weighted by molar-refractivity contribution is -0.139. The molecule has 2 rings (SSSR count). The van der Waals surface area contributed by atoms with Crippen LogP contribution >= 0.6 is 0 Å². The molecule has 0 aromatic heterocycles. The van der Waals surface area contributed by atoms with Crippen LogP contribution in [-0.2, 0) is 22.2 Å². The number of piperidine rings is 1. The van der Waals surface area contributed by atoms with Crippen LogP contribution in [-0.4, -0.2) is 35.0 Å². The molecular formula is C16H18F3NO3. The number of hydrogen-bond acceptors (Lipinski definition) is 2. The molecule has 0 radical (unpaired) electrons. The molecule has 1 aromatic rings. The van der Waals surface area contributed by atoms with Crippen LogP contribution in [0.15, 0.2) is 24.3 Å². The smallest absolute Gasteiger partial charge is 0.416 e. The van der Waals surface area contributed by atoms with E-state index in [-0.39, 0.29) is 30.2 Å². The number of aliphatic carboxylic acids is 1. The van der Waals surface area contributed by atoms with Gasteiger partial charge in [-0.05, 0) is 30.4 Å². The summed E-state index contributed by atoms with van der Waals surface area (Å²) in [5.74, 6) is -1.19. The number of amides is 1. The van der Waals surface area contributed by atoms with E-state index in [0.717, 1.165) is 6.07 Å². The SMILES string of the molecule is O=C(O)CC1CCN(C(=O)Cc2ccccc2C(F)(F)F)CC1. The number of hydrogen-bond donors (Lipinski definition) is 1. The molecule has 23 heavy (non-hydrogen) atoms. The van der Waals surface area contributed by atoms with Gasteiger partial charge in [0.25, 0.3) is 0 Å². The van der Waals surface area contributed by atoms with Gasteiger partial charge in [-0.1, -0.05) is 18.2 Å². The third kappa shape index (κ3) is 4.71. The Bertz CT molecular complexity index is 578. The third-order valence-electron chi connectivity index (χ3n) is 4.09. The molecule has 7 heteroatoms. The number of likely N-dealkylation sites (tertiary alicyclic amines) is 1. The molecule has 0 aliphatic carbocycles. The maximum atomic E-state index is 12.9. The van der Waals surface area contributed by atoms with Crippen LogP contribution in [0.1, 0.15) is 30.4 Å². The van der Waals surface area contributed by atoms with Crippen LogP contribution in [0, 0.1) is 5.92 Å². The highest BCUT2D eigenvalue weighted by Gasteiger charge is 2.34. The fourth-order valence-electron chi connectivity index (χ4n) is 2.86. The number of rotatable bonds is 4. The first-order valence-corrected chi connectivity index (χ1v) is 7.42. The van der Waals surface area contributed by atoms with Gasteiger partial charge in [0.1, 0.15) is 0 Å². The second-order valence-corrected chi connectivity index (χ2v) is 5.75. The molecule has 0 saturated carbocycles. The Morgan fingerprint density at radius 3 is 2.35 bits per heavy atom. The molecule has 4 nitrogen and oxygen atoms in total. The minimum absolute atomic E-state index is 0.0269. The van der Waals surface area contributed by atoms with E-state index in [1.807, 2.05) is 0 Å². The van der Waals surface area contributed by atoms with E-state index in [1.54, 1.807) is 0 Å². The van der Waals surface area contributed by atoms with Gasteiger partial charge >= 0.3 is 12.1 Å². The summed E-state index contributed by atoms with van der Waals surface area (Å²) in [4.78, 5) is 24.4. The zero-order valence-electron chi connectivity index (χ0n) is 12.5. The lowest BCUT2D eigenvalue weighted by Gasteiger charge is -2.31. The van der Waals surface area contributed by atoms with Gasteiger partial charge in [0.15, 0.2) is 0 Å². The largest absolute Gasteiger partial charge is 0.481 e. The molecule has 1 aliphatic heterocycles. The number of carboxylic acid groups (broad SMARTS) is 1. The van der Waals surface area contributed by atoms with Crippen LogP contribution in [0.5, 0.6) is 0 Å². The number of halogens is 3. The van der Waals surface area contributed by atoms with E-state index in [2.05, 4.69) is 0 Å². The summed E-state index contributed by atoms with van der Waals surface area (Å²) in [5.41, 5.74) is -0.813. The van der Waals surface area contributed by atoms with Crippen molar-refractivity contribution >= 4 is 11.9 Å². The number of carbonyl (C=O) groups excluding carboxylic acids is 1. The molecule has 1 fully saturated rings. The Labute approximate surface area is 131 Å². The topological polar surface area (TPSA) is 57.6 Å². The molecule has 0 spiro atoms. The standard InChI is InChI=1S/C16H18F3NO3/c17-16(18,19)13-4-2-1-3-12(13)10-14(21)20-7-5-11(6-8-20)9-15(22)23/h1-4,11H,5-10H2,(H,22,23). The number of benzene rings is 1. The van der Waals surface area contributed by atoms with E-state index in [1.165, 1.54) is 23.1 Å². The summed E-state index contributed by atoms with van der Waals surface area (Å²) in [5, 5.41) is 8.76. The van der Waals surface area contributed by atoms with Gasteiger partial charge in [0.2, 0.25) is 5.91 Å². The lowest BCUT2D eigenvalue weighted by Crippen LogP contribution is -2.39. The predicted octanol–water partition coefficient (Wildman–Crippen LogP) is 2.96. The number of carbonyl (C=O) groups is 2. The first-order chi connectivity index (χ1) is 10.8. The Kier molecular flexibility index (Phi) is 5.28. The number of alkyl halides is 3. The van der Waals surface area contributed by atoms with Crippen LogP contribution in [0.2, 0.25) is 0 Å². The lowest BCUT2D eigenvalue weighted by atomic mass is 9.93. The molecule has 1 aliphatic rings. The Balaban J connectivity index is 1.98. The van der Waals surface area contributed by atoms with E-state index in [4.69, 9.17) is 5.11 Å². The first-order valence-electron chi connectivity index (χ1n) is 7.42. The van der Waals surface area contributed by atoms with Crippen LogP contribution in [0.25, 0.3) is 0 Å². The normalized spacial score (nSPS) is 16.4. The molecular weight excluding hydrogens is 311 g/mol. The van der Waals surface area contributed by atoms with Gasteiger partial charge in [0, 0.05) is 19.5 Å². The summed E-state index contributed by atoms with van der Waals surface area (Å²) in [6.07, 6.45) is -3.57. The fraction of sp³-hybridized carbons (Fsp3) is 0.500. The van der Waals surface area contributed by atoms with Gasteiger partial charge in [-0.15, -0.1) is 0 Å². The summed E-state index contributed by atoms with van der Waals surface area (Å²) in [6.45, 7) is 0.788. The molecule has 1 heterocycles. The quantitative estimate of drug-likeness (QED) is 0.924. The second kappa shape index (κ2) is 7.02. The van der Waals surface area contributed by atoms with Gasteiger partial charge in [-0.2, -0.15) is 13.2 Å². The van der Waals surface area contributed by atoms with Crippen molar-refractivity contribution in [3.63, 3.8) is 0 Å². The van der Waals surface area contributed by atoms with Gasteiger partial charge < -0.3 is 10.0 Å². The highest BCUT2D eigenvalue weighted by molar-refractivity contribution is 5.79. The highest BCUT2D eigenvalue weighted by Crippen LogP contribution is 2.32. The third-order valence-corrected chi connectivity index (χ3v) is 4.09. The zero-order valence-corrected chi connectivity index (χ0v) is 12.5. The molecule has 126 valence electrons. The Hall–Kier alpha value is -2.05. The maximum Gasteiger partial charge on any atom is 0.416 e. The van der Waals surface area contributed by atoms with Gasteiger partial charge in [-0.25, -0.2) is 0 Å². The minimum atomic E-state index is -4.48. The molecule has 0 atom stereocenters. The number of nitrogens with zero attached hydrogens (tertiary/aromatic N) is 1. The fourth-order valence-corrected chi connectivity index (χ4v) is 2.86. The van der Waals surface area contributed by atoms with Crippen molar-refractivity contribution in [2.24, 2.45) is 5.92 Å². The number of carboxylic acids is 1. The Morgan fingerprint density at radius 1 is 1.17 bits per heavy atom. The summed E-state index contributed by atoms with van der Waals surface area (Å²) >= 11 is 0. The van der Waals surface area contributed by atoms with Crippen molar-refractivity contribution in [2.45, 2.75) is 31.9 Å². The van der Waals surface area contributed by atoms with Crippen LogP contribution < -0.4 is 0 Å². The van der Waals surface area contributed by atoms with E-state index in [9.17, 15) is 22.8 Å². The zero-order chi connectivity index (χ0) is 17.0. The maximum absolute atomic E-state index is 12.9. The molecule has 1 saturated heterocycles. The highest BCUT2D eigenvalue weighted by atomic mass is 19.4. The molecule has 1 amide bonds. The van der Waals surface area contributed by atoms with Crippen LogP contribution in [0.4, 0.5) is 13.2 Å². The van der Waals surface area contributed by atoms with E-state index in [0.29, 0.717) is 25.9 Å². The molecule has 1 aromatic carbocycles. The molecule has 0 bridgehead atoms. The summed E-state index contributed by atoms with van der Waals surface area (Å²) in [7, 11) is 0. The first kappa shape index (κ1) is 17.3. The average molecular weight is 329 g/mol. The minimum Gasteiger partial charge on any atom is -0.481 e. The average Bonchev–Trinajstić information content (AvgIpc) is 2.46.